The Kier molecular flexibility index (Phi) is 5.09. The smallest absolute Gasteiger partial charge is 0.00629 e. The Morgan fingerprint density at radius 2 is 1.82 bits per heavy atom. The highest BCUT2D eigenvalue weighted by molar-refractivity contribution is 9.09. The maximum atomic E-state index is 3.70. The second kappa shape index (κ2) is 6.58. The minimum absolute atomic E-state index is 0.820. The molecule has 0 radical (unpaired) electrons. The third kappa shape index (κ3) is 4.13. The van der Waals surface area contributed by atoms with Crippen molar-refractivity contribution in [3.8, 4) is 0 Å². The largest absolute Gasteiger partial charge is 0.0925 e. The third-order valence-corrected chi connectivity index (χ3v) is 4.92. The molecule has 0 aliphatic heterocycles. The first kappa shape index (κ1) is 13.1. The van der Waals surface area contributed by atoms with Crippen molar-refractivity contribution in [1.82, 2.24) is 0 Å². The van der Waals surface area contributed by atoms with Crippen LogP contribution < -0.4 is 0 Å². The molecule has 1 saturated carbocycles. The Labute approximate surface area is 114 Å². The first-order valence-electron chi connectivity index (χ1n) is 6.89. The fourth-order valence-corrected chi connectivity index (χ4v) is 3.47. The molecular formula is C16H23Br. The van der Waals surface area contributed by atoms with Crippen LogP contribution in [0.2, 0.25) is 0 Å². The predicted octanol–water partition coefficient (Wildman–Crippen LogP) is 5.13. The second-order valence-electron chi connectivity index (χ2n) is 5.60. The van der Waals surface area contributed by atoms with Crippen molar-refractivity contribution in [3.63, 3.8) is 0 Å². The van der Waals surface area contributed by atoms with Gasteiger partial charge in [0.15, 0.2) is 0 Å². The number of aryl methyl sites for hydroxylation is 1. The topological polar surface area (TPSA) is 0 Å². The van der Waals surface area contributed by atoms with Gasteiger partial charge in [-0.25, -0.2) is 0 Å². The van der Waals surface area contributed by atoms with Crippen LogP contribution >= 0.6 is 15.9 Å². The normalized spacial score (nSPS) is 18.5. The van der Waals surface area contributed by atoms with E-state index < -0.39 is 0 Å². The summed E-state index contributed by atoms with van der Waals surface area (Å²) in [5.74, 6) is 1.82. The van der Waals surface area contributed by atoms with Gasteiger partial charge in [0.05, 0.1) is 0 Å². The lowest BCUT2D eigenvalue weighted by atomic mass is 9.90. The van der Waals surface area contributed by atoms with Crippen LogP contribution in [0.25, 0.3) is 0 Å². The molecule has 0 spiro atoms. The van der Waals surface area contributed by atoms with Crippen LogP contribution in [0.1, 0.15) is 43.2 Å². The fraction of sp³-hybridized carbons (Fsp3) is 0.625. The molecule has 0 bridgehead atoms. The van der Waals surface area contributed by atoms with Crippen LogP contribution in [0.3, 0.4) is 0 Å². The zero-order chi connectivity index (χ0) is 12.1. The zero-order valence-corrected chi connectivity index (χ0v) is 12.4. The standard InChI is InChI=1S/C16H23Br/c1-13-6-8-15(9-7-13)11-16(12-17)10-14-4-2-3-5-14/h6-9,14,16H,2-5,10-12H2,1H3. The molecule has 17 heavy (non-hydrogen) atoms. The van der Waals surface area contributed by atoms with Crippen LogP contribution in [-0.2, 0) is 6.42 Å². The minimum Gasteiger partial charge on any atom is -0.0925 e. The summed E-state index contributed by atoms with van der Waals surface area (Å²) in [5.41, 5.74) is 2.86. The van der Waals surface area contributed by atoms with Crippen LogP contribution in [0.4, 0.5) is 0 Å². The van der Waals surface area contributed by atoms with Crippen LogP contribution in [0.5, 0.6) is 0 Å². The number of hydrogen-bond acceptors (Lipinski definition) is 0. The Morgan fingerprint density at radius 1 is 1.18 bits per heavy atom. The summed E-state index contributed by atoms with van der Waals surface area (Å²) < 4.78 is 0. The van der Waals surface area contributed by atoms with Crippen molar-refractivity contribution in [2.75, 3.05) is 5.33 Å². The molecule has 0 amide bonds. The third-order valence-electron chi connectivity index (χ3n) is 4.00. The Hall–Kier alpha value is -0.300. The highest BCUT2D eigenvalue weighted by atomic mass is 79.9. The number of halogens is 1. The molecule has 1 fully saturated rings. The molecule has 0 saturated heterocycles. The van der Waals surface area contributed by atoms with E-state index in [0.29, 0.717) is 0 Å². The molecule has 1 atom stereocenters. The predicted molar refractivity (Wildman–Crippen MR) is 78.7 cm³/mol. The van der Waals surface area contributed by atoms with Gasteiger partial charge in [0.1, 0.15) is 0 Å². The van der Waals surface area contributed by atoms with Crippen molar-refractivity contribution in [3.05, 3.63) is 35.4 Å². The maximum Gasteiger partial charge on any atom is 0.00629 e. The van der Waals surface area contributed by atoms with E-state index in [1.54, 1.807) is 0 Å². The quantitative estimate of drug-likeness (QED) is 0.661. The number of alkyl halides is 1. The summed E-state index contributed by atoms with van der Waals surface area (Å²) in [6.45, 7) is 2.16. The Morgan fingerprint density at radius 3 is 2.41 bits per heavy atom. The van der Waals surface area contributed by atoms with E-state index in [4.69, 9.17) is 0 Å². The Bertz CT molecular complexity index is 322. The van der Waals surface area contributed by atoms with Crippen LogP contribution in [-0.4, -0.2) is 5.33 Å². The molecule has 1 aliphatic rings. The van der Waals surface area contributed by atoms with E-state index in [9.17, 15) is 0 Å². The summed E-state index contributed by atoms with van der Waals surface area (Å²) in [5, 5.41) is 1.15. The molecule has 1 aromatic rings. The van der Waals surface area contributed by atoms with Crippen molar-refractivity contribution in [2.24, 2.45) is 11.8 Å². The molecule has 0 N–H and O–H groups in total. The van der Waals surface area contributed by atoms with E-state index >= 15 is 0 Å². The molecule has 1 unspecified atom stereocenters. The first-order chi connectivity index (χ1) is 8.28. The summed E-state index contributed by atoms with van der Waals surface area (Å²) in [6, 6.07) is 9.05. The Balaban J connectivity index is 1.87. The summed E-state index contributed by atoms with van der Waals surface area (Å²) in [7, 11) is 0. The van der Waals surface area contributed by atoms with Gasteiger partial charge in [-0.05, 0) is 37.2 Å². The van der Waals surface area contributed by atoms with Crippen LogP contribution in [0.15, 0.2) is 24.3 Å². The molecule has 94 valence electrons. The average Bonchev–Trinajstić information content (AvgIpc) is 2.84. The molecule has 1 heteroatoms. The van der Waals surface area contributed by atoms with Gasteiger partial charge >= 0.3 is 0 Å². The van der Waals surface area contributed by atoms with Gasteiger partial charge in [-0.2, -0.15) is 0 Å². The average molecular weight is 295 g/mol. The van der Waals surface area contributed by atoms with E-state index in [0.717, 1.165) is 17.2 Å². The fourth-order valence-electron chi connectivity index (χ4n) is 2.98. The number of hydrogen-bond donors (Lipinski definition) is 0. The van der Waals surface area contributed by atoms with Gasteiger partial charge in [0.2, 0.25) is 0 Å². The van der Waals surface area contributed by atoms with E-state index in [1.807, 2.05) is 0 Å². The summed E-state index contributed by atoms with van der Waals surface area (Å²) in [6.07, 6.45) is 8.52. The monoisotopic (exact) mass is 294 g/mol. The molecular weight excluding hydrogens is 272 g/mol. The number of benzene rings is 1. The van der Waals surface area contributed by atoms with Crippen LogP contribution in [0, 0.1) is 18.8 Å². The summed E-state index contributed by atoms with van der Waals surface area (Å²) in [4.78, 5) is 0. The zero-order valence-electron chi connectivity index (χ0n) is 10.8. The number of rotatable bonds is 5. The van der Waals surface area contributed by atoms with Crippen molar-refractivity contribution in [2.45, 2.75) is 45.4 Å². The van der Waals surface area contributed by atoms with E-state index in [-0.39, 0.29) is 0 Å². The molecule has 0 aromatic heterocycles. The van der Waals surface area contributed by atoms with Gasteiger partial charge in [0.25, 0.3) is 0 Å². The van der Waals surface area contributed by atoms with Gasteiger partial charge in [0, 0.05) is 5.33 Å². The molecule has 1 aliphatic carbocycles. The molecule has 1 aromatic carbocycles. The van der Waals surface area contributed by atoms with Crippen molar-refractivity contribution >= 4 is 15.9 Å². The molecule has 0 nitrogen and oxygen atoms in total. The lowest BCUT2D eigenvalue weighted by Gasteiger charge is -2.18. The summed E-state index contributed by atoms with van der Waals surface area (Å²) >= 11 is 3.70. The second-order valence-corrected chi connectivity index (χ2v) is 6.24. The highest BCUT2D eigenvalue weighted by Crippen LogP contribution is 2.32. The molecule has 0 heterocycles. The van der Waals surface area contributed by atoms with Gasteiger partial charge in [-0.3, -0.25) is 0 Å². The maximum absolute atomic E-state index is 3.70. The van der Waals surface area contributed by atoms with E-state index in [2.05, 4.69) is 47.1 Å². The molecule has 2 rings (SSSR count). The van der Waals surface area contributed by atoms with Crippen molar-refractivity contribution < 1.29 is 0 Å². The van der Waals surface area contributed by atoms with Gasteiger partial charge in [-0.1, -0.05) is 71.4 Å². The first-order valence-corrected chi connectivity index (χ1v) is 8.01. The van der Waals surface area contributed by atoms with Crippen molar-refractivity contribution in [1.29, 1.82) is 0 Å². The lowest BCUT2D eigenvalue weighted by Crippen LogP contribution is -2.11. The van der Waals surface area contributed by atoms with Gasteiger partial charge < -0.3 is 0 Å². The highest BCUT2D eigenvalue weighted by Gasteiger charge is 2.19. The SMILES string of the molecule is Cc1ccc(CC(CBr)CC2CCCC2)cc1. The minimum atomic E-state index is 0.820. The van der Waals surface area contributed by atoms with Gasteiger partial charge in [-0.15, -0.1) is 0 Å². The lowest BCUT2D eigenvalue weighted by molar-refractivity contribution is 0.402. The van der Waals surface area contributed by atoms with E-state index in [1.165, 1.54) is 49.7 Å².